The number of piperidine rings is 1. The summed E-state index contributed by atoms with van der Waals surface area (Å²) in [6, 6.07) is 9.54. The minimum absolute atomic E-state index is 0.174. The van der Waals surface area contributed by atoms with Crippen LogP contribution in [0.3, 0.4) is 0 Å². The van der Waals surface area contributed by atoms with Gasteiger partial charge in [0.05, 0.1) is 5.75 Å². The first-order chi connectivity index (χ1) is 10.6. The molecule has 3 rings (SSSR count). The van der Waals surface area contributed by atoms with Crippen LogP contribution in [0, 0.1) is 0 Å². The highest BCUT2D eigenvalue weighted by atomic mass is 35.5. The minimum Gasteiger partial charge on any atom is -0.353 e. The van der Waals surface area contributed by atoms with E-state index >= 15 is 0 Å². The van der Waals surface area contributed by atoms with Gasteiger partial charge in [0.2, 0.25) is 5.91 Å². The lowest BCUT2D eigenvalue weighted by atomic mass is 9.98. The number of carbonyl (C=O) groups excluding carboxylic acids is 1. The summed E-state index contributed by atoms with van der Waals surface area (Å²) in [5, 5.41) is 3.98. The smallest absolute Gasteiger partial charge is 0.230 e. The number of fused-ring (bicyclic) bond motifs is 2. The van der Waals surface area contributed by atoms with Crippen molar-refractivity contribution in [3.05, 3.63) is 34.9 Å². The van der Waals surface area contributed by atoms with Crippen molar-refractivity contribution in [2.24, 2.45) is 0 Å². The van der Waals surface area contributed by atoms with E-state index in [-0.39, 0.29) is 5.91 Å². The molecule has 2 unspecified atom stereocenters. The van der Waals surface area contributed by atoms with Crippen LogP contribution < -0.4 is 5.32 Å². The second-order valence-electron chi connectivity index (χ2n) is 6.41. The molecule has 2 aliphatic rings. The van der Waals surface area contributed by atoms with E-state index in [1.807, 2.05) is 24.3 Å². The molecule has 1 aromatic rings. The molecular weight excluding hydrogens is 316 g/mol. The first-order valence-corrected chi connectivity index (χ1v) is 9.48. The number of hydrogen-bond donors (Lipinski definition) is 1. The third-order valence-electron chi connectivity index (χ3n) is 4.88. The van der Waals surface area contributed by atoms with Crippen molar-refractivity contribution < 1.29 is 4.79 Å². The monoisotopic (exact) mass is 338 g/mol. The number of nitrogens with zero attached hydrogens (tertiary/aromatic N) is 1. The van der Waals surface area contributed by atoms with Crippen molar-refractivity contribution in [2.75, 3.05) is 12.8 Å². The van der Waals surface area contributed by atoms with Crippen LogP contribution in [0.25, 0.3) is 0 Å². The maximum atomic E-state index is 12.1. The van der Waals surface area contributed by atoms with Crippen LogP contribution in [0.1, 0.15) is 31.2 Å². The molecular formula is C17H23ClN2OS. The fraction of sp³-hybridized carbons (Fsp3) is 0.588. The van der Waals surface area contributed by atoms with Crippen LogP contribution >= 0.6 is 23.4 Å². The number of hydrogen-bond acceptors (Lipinski definition) is 3. The summed E-state index contributed by atoms with van der Waals surface area (Å²) in [6.07, 6.45) is 4.80. The van der Waals surface area contributed by atoms with Crippen molar-refractivity contribution in [3.63, 3.8) is 0 Å². The highest BCUT2D eigenvalue weighted by Crippen LogP contribution is 2.34. The molecule has 0 spiro atoms. The van der Waals surface area contributed by atoms with Crippen LogP contribution in [0.4, 0.5) is 0 Å². The summed E-state index contributed by atoms with van der Waals surface area (Å²) in [5.41, 5.74) is 1.21. The Kier molecular flexibility index (Phi) is 5.32. The first-order valence-electron chi connectivity index (χ1n) is 7.95. The molecule has 0 radical (unpaired) electrons. The number of nitrogens with one attached hydrogen (secondary N) is 1. The van der Waals surface area contributed by atoms with Crippen LogP contribution in [-0.2, 0) is 10.5 Å². The summed E-state index contributed by atoms with van der Waals surface area (Å²) in [5.74, 6) is 1.56. The Morgan fingerprint density at radius 2 is 1.91 bits per heavy atom. The molecule has 0 aromatic heterocycles. The number of carbonyl (C=O) groups is 1. The minimum atomic E-state index is 0.174. The third kappa shape index (κ3) is 3.98. The normalized spacial score (nSPS) is 27.8. The van der Waals surface area contributed by atoms with E-state index in [0.717, 1.165) is 23.6 Å². The zero-order valence-electron chi connectivity index (χ0n) is 12.9. The lowest BCUT2D eigenvalue weighted by molar-refractivity contribution is -0.119. The average Bonchev–Trinajstić information content (AvgIpc) is 2.72. The molecule has 2 atom stereocenters. The van der Waals surface area contributed by atoms with Gasteiger partial charge in [0, 0.05) is 28.9 Å². The maximum Gasteiger partial charge on any atom is 0.230 e. The molecule has 3 nitrogen and oxygen atoms in total. The molecule has 2 fully saturated rings. The Labute approximate surface area is 141 Å². The summed E-state index contributed by atoms with van der Waals surface area (Å²) >= 11 is 7.53. The van der Waals surface area contributed by atoms with Gasteiger partial charge in [0.15, 0.2) is 0 Å². The second kappa shape index (κ2) is 7.24. The molecule has 5 heteroatoms. The average molecular weight is 339 g/mol. The van der Waals surface area contributed by atoms with Crippen LogP contribution in [0.2, 0.25) is 5.02 Å². The molecule has 1 amide bonds. The predicted octanol–water partition coefficient (Wildman–Crippen LogP) is 3.31. The molecule has 2 saturated heterocycles. The van der Waals surface area contributed by atoms with Gasteiger partial charge < -0.3 is 10.2 Å². The van der Waals surface area contributed by atoms with Gasteiger partial charge in [0.1, 0.15) is 0 Å². The van der Waals surface area contributed by atoms with Crippen LogP contribution in [0.5, 0.6) is 0 Å². The standard InChI is InChI=1S/C17H23ClN2OS/c1-20-15-6-7-16(20)9-14(8-15)19-17(21)11-22-10-12-2-4-13(18)5-3-12/h2-5,14-16H,6-11H2,1H3,(H,19,21). The molecule has 2 aliphatic heterocycles. The number of amides is 1. The van der Waals surface area contributed by atoms with Crippen LogP contribution in [-0.4, -0.2) is 41.7 Å². The zero-order valence-corrected chi connectivity index (χ0v) is 14.5. The van der Waals surface area contributed by atoms with Gasteiger partial charge in [0.25, 0.3) is 0 Å². The zero-order chi connectivity index (χ0) is 15.5. The Balaban J connectivity index is 1.39. The van der Waals surface area contributed by atoms with Gasteiger partial charge in [-0.2, -0.15) is 0 Å². The quantitative estimate of drug-likeness (QED) is 0.894. The van der Waals surface area contributed by atoms with Gasteiger partial charge in [-0.3, -0.25) is 4.79 Å². The lowest BCUT2D eigenvalue weighted by Crippen LogP contribution is -2.49. The van der Waals surface area contributed by atoms with Crippen molar-refractivity contribution in [3.8, 4) is 0 Å². The molecule has 120 valence electrons. The fourth-order valence-electron chi connectivity index (χ4n) is 3.64. The highest BCUT2D eigenvalue weighted by molar-refractivity contribution is 7.99. The van der Waals surface area contributed by atoms with Crippen LogP contribution in [0.15, 0.2) is 24.3 Å². The van der Waals surface area contributed by atoms with Crippen molar-refractivity contribution in [2.45, 2.75) is 49.6 Å². The largest absolute Gasteiger partial charge is 0.353 e. The number of thioether (sulfide) groups is 1. The Bertz CT molecular complexity index is 508. The van der Waals surface area contributed by atoms with Gasteiger partial charge in [-0.1, -0.05) is 23.7 Å². The fourth-order valence-corrected chi connectivity index (χ4v) is 4.57. The molecule has 0 aliphatic carbocycles. The van der Waals surface area contributed by atoms with Gasteiger partial charge in [-0.15, -0.1) is 11.8 Å². The van der Waals surface area contributed by atoms with E-state index in [1.165, 1.54) is 18.4 Å². The summed E-state index contributed by atoms with van der Waals surface area (Å²) in [7, 11) is 2.22. The Morgan fingerprint density at radius 3 is 2.55 bits per heavy atom. The van der Waals surface area contributed by atoms with E-state index in [0.29, 0.717) is 23.9 Å². The molecule has 1 aromatic carbocycles. The molecule has 0 saturated carbocycles. The second-order valence-corrected chi connectivity index (χ2v) is 7.83. The highest BCUT2D eigenvalue weighted by Gasteiger charge is 2.38. The summed E-state index contributed by atoms with van der Waals surface area (Å²) in [6.45, 7) is 0. The van der Waals surface area contributed by atoms with Crippen molar-refractivity contribution >= 4 is 29.3 Å². The Morgan fingerprint density at radius 1 is 1.27 bits per heavy atom. The van der Waals surface area contributed by atoms with E-state index in [4.69, 9.17) is 11.6 Å². The van der Waals surface area contributed by atoms with E-state index in [2.05, 4.69) is 17.3 Å². The summed E-state index contributed by atoms with van der Waals surface area (Å²) < 4.78 is 0. The molecule has 1 N–H and O–H groups in total. The lowest BCUT2D eigenvalue weighted by Gasteiger charge is -2.36. The predicted molar refractivity (Wildman–Crippen MR) is 93.4 cm³/mol. The van der Waals surface area contributed by atoms with Gasteiger partial charge in [-0.05, 0) is 50.4 Å². The first kappa shape index (κ1) is 16.2. The van der Waals surface area contributed by atoms with Crippen molar-refractivity contribution in [1.29, 1.82) is 0 Å². The molecule has 22 heavy (non-hydrogen) atoms. The number of halogens is 1. The number of benzene rings is 1. The van der Waals surface area contributed by atoms with E-state index < -0.39 is 0 Å². The van der Waals surface area contributed by atoms with Gasteiger partial charge in [-0.25, -0.2) is 0 Å². The summed E-state index contributed by atoms with van der Waals surface area (Å²) in [4.78, 5) is 14.6. The van der Waals surface area contributed by atoms with E-state index in [1.54, 1.807) is 11.8 Å². The van der Waals surface area contributed by atoms with Crippen molar-refractivity contribution in [1.82, 2.24) is 10.2 Å². The third-order valence-corrected chi connectivity index (χ3v) is 6.13. The molecule has 2 bridgehead atoms. The Hall–Kier alpha value is -0.710. The van der Waals surface area contributed by atoms with Gasteiger partial charge >= 0.3 is 0 Å². The molecule has 2 heterocycles. The van der Waals surface area contributed by atoms with E-state index in [9.17, 15) is 4.79 Å². The SMILES string of the molecule is CN1C2CCC1CC(NC(=O)CSCc1ccc(Cl)cc1)C2. The topological polar surface area (TPSA) is 32.3 Å². The maximum absolute atomic E-state index is 12.1. The number of rotatable bonds is 5.